The third kappa shape index (κ3) is 4.36. The van der Waals surface area contributed by atoms with E-state index in [0.717, 1.165) is 24.8 Å². The monoisotopic (exact) mass is 291 g/mol. The molecule has 116 valence electrons. The van der Waals surface area contributed by atoms with Gasteiger partial charge in [-0.25, -0.2) is 0 Å². The number of hydrogen-bond donors (Lipinski definition) is 1. The summed E-state index contributed by atoms with van der Waals surface area (Å²) in [5.74, 6) is 0.760. The van der Waals surface area contributed by atoms with E-state index in [9.17, 15) is 4.79 Å². The minimum atomic E-state index is -0.0189. The summed E-state index contributed by atoms with van der Waals surface area (Å²) in [6.07, 6.45) is 2.61. The number of carbonyl (C=O) groups is 1. The number of likely N-dealkylation sites (N-methyl/N-ethyl adjacent to an activating group) is 1. The van der Waals surface area contributed by atoms with Gasteiger partial charge in [-0.05, 0) is 37.0 Å². The summed E-state index contributed by atoms with van der Waals surface area (Å²) in [5.41, 5.74) is 8.22. The second-order valence-corrected chi connectivity index (χ2v) is 5.91. The zero-order valence-electron chi connectivity index (χ0n) is 13.1. The first kappa shape index (κ1) is 15.6. The van der Waals surface area contributed by atoms with Gasteiger partial charge in [-0.1, -0.05) is 0 Å². The third-order valence-corrected chi connectivity index (χ3v) is 3.72. The summed E-state index contributed by atoms with van der Waals surface area (Å²) in [4.78, 5) is 15.6. The van der Waals surface area contributed by atoms with Crippen molar-refractivity contribution in [2.75, 3.05) is 51.5 Å². The zero-order chi connectivity index (χ0) is 15.4. The van der Waals surface area contributed by atoms with E-state index in [-0.39, 0.29) is 5.91 Å². The van der Waals surface area contributed by atoms with E-state index in [0.29, 0.717) is 17.9 Å². The molecule has 1 saturated carbocycles. The van der Waals surface area contributed by atoms with E-state index < -0.39 is 0 Å². The average Bonchev–Trinajstić information content (AvgIpc) is 3.27. The second kappa shape index (κ2) is 6.80. The van der Waals surface area contributed by atoms with Crippen LogP contribution >= 0.6 is 0 Å². The molecule has 1 aliphatic carbocycles. The number of nitrogens with zero attached hydrogens (tertiary/aromatic N) is 2. The van der Waals surface area contributed by atoms with Gasteiger partial charge in [0.25, 0.3) is 5.91 Å². The Balaban J connectivity index is 1.95. The highest BCUT2D eigenvalue weighted by molar-refractivity contribution is 5.96. The minimum absolute atomic E-state index is 0.0189. The van der Waals surface area contributed by atoms with E-state index in [1.807, 2.05) is 18.0 Å². The van der Waals surface area contributed by atoms with Crippen LogP contribution in [-0.2, 0) is 4.74 Å². The van der Waals surface area contributed by atoms with Gasteiger partial charge < -0.3 is 20.3 Å². The van der Waals surface area contributed by atoms with Crippen LogP contribution < -0.4 is 10.6 Å². The van der Waals surface area contributed by atoms with Crippen LogP contribution in [0.3, 0.4) is 0 Å². The fourth-order valence-corrected chi connectivity index (χ4v) is 2.12. The maximum Gasteiger partial charge on any atom is 0.253 e. The smallest absolute Gasteiger partial charge is 0.253 e. The molecule has 0 unspecified atom stereocenters. The molecule has 0 heterocycles. The number of carbonyl (C=O) groups excluding carboxylic acids is 1. The number of anilines is 2. The van der Waals surface area contributed by atoms with Crippen molar-refractivity contribution >= 4 is 17.3 Å². The standard InChI is InChI=1S/C16H25N3O2/c1-18(2)16(20)13-6-7-14(17)15(10-13)19(3)8-9-21-11-12-4-5-12/h6-7,10,12H,4-5,8-9,11,17H2,1-3H3. The Morgan fingerprint density at radius 2 is 2.05 bits per heavy atom. The summed E-state index contributed by atoms with van der Waals surface area (Å²) in [7, 11) is 5.46. The Hall–Kier alpha value is -1.75. The van der Waals surface area contributed by atoms with Crippen molar-refractivity contribution in [3.05, 3.63) is 23.8 Å². The third-order valence-electron chi connectivity index (χ3n) is 3.72. The van der Waals surface area contributed by atoms with Gasteiger partial charge in [0, 0.05) is 39.9 Å². The second-order valence-electron chi connectivity index (χ2n) is 5.91. The number of benzene rings is 1. The molecule has 0 aromatic heterocycles. The first-order chi connectivity index (χ1) is 9.99. The largest absolute Gasteiger partial charge is 0.397 e. The molecular formula is C16H25N3O2. The number of nitrogen functional groups attached to an aromatic ring is 1. The lowest BCUT2D eigenvalue weighted by molar-refractivity contribution is 0.0827. The molecule has 0 atom stereocenters. The maximum atomic E-state index is 12.0. The van der Waals surface area contributed by atoms with Crippen LogP contribution in [0, 0.1) is 5.92 Å². The van der Waals surface area contributed by atoms with Gasteiger partial charge in [0.1, 0.15) is 0 Å². The molecule has 1 aromatic rings. The number of ether oxygens (including phenoxy) is 1. The van der Waals surface area contributed by atoms with Crippen molar-refractivity contribution in [1.29, 1.82) is 0 Å². The van der Waals surface area contributed by atoms with Crippen LogP contribution in [0.1, 0.15) is 23.2 Å². The first-order valence-corrected chi connectivity index (χ1v) is 7.39. The van der Waals surface area contributed by atoms with E-state index >= 15 is 0 Å². The molecule has 0 bridgehead atoms. The molecule has 0 radical (unpaired) electrons. The van der Waals surface area contributed by atoms with Gasteiger partial charge in [0.15, 0.2) is 0 Å². The topological polar surface area (TPSA) is 58.8 Å². The van der Waals surface area contributed by atoms with Crippen LogP contribution in [-0.4, -0.2) is 51.7 Å². The SMILES string of the molecule is CN(C)C(=O)c1ccc(N)c(N(C)CCOCC2CC2)c1. The van der Waals surface area contributed by atoms with Gasteiger partial charge in [-0.3, -0.25) is 4.79 Å². The molecular weight excluding hydrogens is 266 g/mol. The van der Waals surface area contributed by atoms with Crippen molar-refractivity contribution in [3.63, 3.8) is 0 Å². The molecule has 5 nitrogen and oxygen atoms in total. The maximum absolute atomic E-state index is 12.0. The van der Waals surface area contributed by atoms with Gasteiger partial charge in [0.2, 0.25) is 0 Å². The van der Waals surface area contributed by atoms with Gasteiger partial charge >= 0.3 is 0 Å². The van der Waals surface area contributed by atoms with Crippen LogP contribution in [0.5, 0.6) is 0 Å². The quantitative estimate of drug-likeness (QED) is 0.615. The Morgan fingerprint density at radius 1 is 1.33 bits per heavy atom. The van der Waals surface area contributed by atoms with Crippen molar-refractivity contribution < 1.29 is 9.53 Å². The van der Waals surface area contributed by atoms with E-state index in [4.69, 9.17) is 10.5 Å². The molecule has 2 N–H and O–H groups in total. The molecule has 0 saturated heterocycles. The molecule has 21 heavy (non-hydrogen) atoms. The van der Waals surface area contributed by atoms with Crippen molar-refractivity contribution in [1.82, 2.24) is 4.90 Å². The number of hydrogen-bond acceptors (Lipinski definition) is 4. The molecule has 1 fully saturated rings. The highest BCUT2D eigenvalue weighted by Crippen LogP contribution is 2.29. The highest BCUT2D eigenvalue weighted by Gasteiger charge is 2.21. The van der Waals surface area contributed by atoms with E-state index in [1.54, 1.807) is 31.1 Å². The molecule has 0 aliphatic heterocycles. The summed E-state index contributed by atoms with van der Waals surface area (Å²) < 4.78 is 5.65. The van der Waals surface area contributed by atoms with E-state index in [2.05, 4.69) is 0 Å². The predicted octanol–water partition coefficient (Wildman–Crippen LogP) is 1.83. The molecule has 1 aliphatic rings. The van der Waals surface area contributed by atoms with Crippen molar-refractivity contribution in [3.8, 4) is 0 Å². The molecule has 2 rings (SSSR count). The number of nitrogens with two attached hydrogens (primary N) is 1. The summed E-state index contributed by atoms with van der Waals surface area (Å²) in [6.45, 7) is 2.30. The fourth-order valence-electron chi connectivity index (χ4n) is 2.12. The fraction of sp³-hybridized carbons (Fsp3) is 0.562. The van der Waals surface area contributed by atoms with Gasteiger partial charge in [-0.2, -0.15) is 0 Å². The first-order valence-electron chi connectivity index (χ1n) is 7.39. The van der Waals surface area contributed by atoms with Crippen molar-refractivity contribution in [2.45, 2.75) is 12.8 Å². The lowest BCUT2D eigenvalue weighted by Gasteiger charge is -2.22. The Morgan fingerprint density at radius 3 is 2.67 bits per heavy atom. The molecule has 0 spiro atoms. The molecule has 1 aromatic carbocycles. The van der Waals surface area contributed by atoms with Gasteiger partial charge in [0.05, 0.1) is 18.0 Å². The van der Waals surface area contributed by atoms with Crippen LogP contribution in [0.2, 0.25) is 0 Å². The van der Waals surface area contributed by atoms with E-state index in [1.165, 1.54) is 12.8 Å². The summed E-state index contributed by atoms with van der Waals surface area (Å²) in [5, 5.41) is 0. The number of rotatable bonds is 7. The Bertz CT molecular complexity index is 498. The van der Waals surface area contributed by atoms with Crippen LogP contribution in [0.4, 0.5) is 11.4 Å². The minimum Gasteiger partial charge on any atom is -0.397 e. The lowest BCUT2D eigenvalue weighted by Crippen LogP contribution is -2.25. The lowest BCUT2D eigenvalue weighted by atomic mass is 10.1. The van der Waals surface area contributed by atoms with Gasteiger partial charge in [-0.15, -0.1) is 0 Å². The summed E-state index contributed by atoms with van der Waals surface area (Å²) >= 11 is 0. The summed E-state index contributed by atoms with van der Waals surface area (Å²) in [6, 6.07) is 5.39. The van der Waals surface area contributed by atoms with Crippen LogP contribution in [0.25, 0.3) is 0 Å². The Labute approximate surface area is 126 Å². The molecule has 5 heteroatoms. The van der Waals surface area contributed by atoms with Crippen molar-refractivity contribution in [2.24, 2.45) is 5.92 Å². The Kier molecular flexibility index (Phi) is 5.07. The predicted molar refractivity (Wildman–Crippen MR) is 85.7 cm³/mol. The van der Waals surface area contributed by atoms with Crippen LogP contribution in [0.15, 0.2) is 18.2 Å². The zero-order valence-corrected chi connectivity index (χ0v) is 13.1. The number of amides is 1. The average molecular weight is 291 g/mol. The highest BCUT2D eigenvalue weighted by atomic mass is 16.5. The normalized spacial score (nSPS) is 14.0. The molecule has 1 amide bonds.